The van der Waals surface area contributed by atoms with E-state index in [1.807, 2.05) is 0 Å². The van der Waals surface area contributed by atoms with Crippen LogP contribution in [-0.4, -0.2) is 36.2 Å². The van der Waals surface area contributed by atoms with Crippen molar-refractivity contribution in [2.75, 3.05) is 6.54 Å². The lowest BCUT2D eigenvalue weighted by molar-refractivity contribution is -0.121. The molecule has 0 spiro atoms. The van der Waals surface area contributed by atoms with Gasteiger partial charge in [0.2, 0.25) is 5.91 Å². The summed E-state index contributed by atoms with van der Waals surface area (Å²) in [7, 11) is 2.88. The minimum absolute atomic E-state index is 0.124. The molecule has 0 saturated heterocycles. The van der Waals surface area contributed by atoms with Gasteiger partial charge >= 0.3 is 5.69 Å². The molecule has 1 amide bonds. The van der Waals surface area contributed by atoms with Gasteiger partial charge < -0.3 is 19.4 Å². The van der Waals surface area contributed by atoms with Crippen LogP contribution in [0.15, 0.2) is 38.7 Å². The molecule has 0 aliphatic heterocycles. The lowest BCUT2D eigenvalue weighted by Gasteiger charge is -2.10. The highest BCUT2D eigenvalue weighted by atomic mass is 16.4. The van der Waals surface area contributed by atoms with E-state index in [1.165, 1.54) is 35.8 Å². The predicted molar refractivity (Wildman–Crippen MR) is 91.5 cm³/mol. The molecule has 3 aromatic rings. The number of carbonyl (C=O) groups is 1. The van der Waals surface area contributed by atoms with Crippen molar-refractivity contribution in [2.24, 2.45) is 14.1 Å². The summed E-state index contributed by atoms with van der Waals surface area (Å²) < 4.78 is 8.71. The number of imidazole rings is 1. The third-order valence-electron chi connectivity index (χ3n) is 4.14. The molecule has 2 N–H and O–H groups in total. The molecule has 10 nitrogen and oxygen atoms in total. The Morgan fingerprint density at radius 3 is 2.81 bits per heavy atom. The number of rotatable bonds is 6. The van der Waals surface area contributed by atoms with Crippen molar-refractivity contribution in [3.63, 3.8) is 0 Å². The number of nitrogens with zero attached hydrogens (tertiary/aromatic N) is 4. The zero-order chi connectivity index (χ0) is 18.8. The number of carbonyl (C=O) groups excluding carboxylic acids is 1. The number of hydrogen-bond acceptors (Lipinski definition) is 6. The number of aryl methyl sites for hydroxylation is 1. The molecule has 0 aromatic carbocycles. The summed E-state index contributed by atoms with van der Waals surface area (Å²) >= 11 is 0. The zero-order valence-corrected chi connectivity index (χ0v) is 14.4. The van der Waals surface area contributed by atoms with Gasteiger partial charge in [-0.1, -0.05) is 0 Å². The molecule has 3 rings (SSSR count). The van der Waals surface area contributed by atoms with Crippen molar-refractivity contribution in [3.05, 3.63) is 51.3 Å². The molecule has 10 heteroatoms. The van der Waals surface area contributed by atoms with Crippen LogP contribution >= 0.6 is 0 Å². The Hall–Kier alpha value is -3.14. The van der Waals surface area contributed by atoms with Gasteiger partial charge in [-0.2, -0.15) is 0 Å². The van der Waals surface area contributed by atoms with Gasteiger partial charge in [0.25, 0.3) is 5.56 Å². The fourth-order valence-electron chi connectivity index (χ4n) is 2.70. The van der Waals surface area contributed by atoms with Crippen molar-refractivity contribution in [1.82, 2.24) is 24.0 Å². The standard InChI is InChI=1S/C16H19N5O5/c1-19-14-13(15(24)20(2)16(19)25)21(9-18-14)8-12(23)17-6-5-10(22)11-4-3-7-26-11/h3-4,7,9-10,22H,5-6,8H2,1-2H3,(H,17,23). The normalized spacial score (nSPS) is 12.4. The molecule has 0 aliphatic rings. The zero-order valence-electron chi connectivity index (χ0n) is 14.4. The first-order chi connectivity index (χ1) is 12.4. The van der Waals surface area contributed by atoms with E-state index in [0.717, 1.165) is 4.57 Å². The van der Waals surface area contributed by atoms with Gasteiger partial charge in [0.15, 0.2) is 11.2 Å². The lowest BCUT2D eigenvalue weighted by atomic mass is 10.2. The first kappa shape index (κ1) is 17.7. The molecule has 0 bridgehead atoms. The quantitative estimate of drug-likeness (QED) is 0.596. The van der Waals surface area contributed by atoms with Crippen LogP contribution in [0.25, 0.3) is 11.2 Å². The van der Waals surface area contributed by atoms with Crippen molar-refractivity contribution >= 4 is 17.1 Å². The SMILES string of the molecule is Cn1c(=O)c2c(ncn2CC(=O)NCCC(O)c2ccco2)n(C)c1=O. The van der Waals surface area contributed by atoms with Gasteiger partial charge in [-0.15, -0.1) is 0 Å². The first-order valence-corrected chi connectivity index (χ1v) is 7.99. The second kappa shape index (κ2) is 7.00. The summed E-state index contributed by atoms with van der Waals surface area (Å²) in [6.07, 6.45) is 2.30. The minimum atomic E-state index is -0.804. The third-order valence-corrected chi connectivity index (χ3v) is 4.14. The largest absolute Gasteiger partial charge is 0.467 e. The van der Waals surface area contributed by atoms with E-state index in [9.17, 15) is 19.5 Å². The molecule has 0 aliphatic carbocycles. The average Bonchev–Trinajstić information content (AvgIpc) is 3.28. The Morgan fingerprint density at radius 2 is 2.12 bits per heavy atom. The summed E-state index contributed by atoms with van der Waals surface area (Å²) in [5, 5.41) is 12.6. The topological polar surface area (TPSA) is 124 Å². The monoisotopic (exact) mass is 361 g/mol. The van der Waals surface area contributed by atoms with E-state index >= 15 is 0 Å². The number of nitrogens with one attached hydrogen (secondary N) is 1. The van der Waals surface area contributed by atoms with Crippen molar-refractivity contribution in [2.45, 2.75) is 19.1 Å². The Kier molecular flexibility index (Phi) is 4.76. The van der Waals surface area contributed by atoms with Crippen LogP contribution in [0.4, 0.5) is 0 Å². The lowest BCUT2D eigenvalue weighted by Crippen LogP contribution is -2.38. The van der Waals surface area contributed by atoms with Crippen LogP contribution in [0.1, 0.15) is 18.3 Å². The second-order valence-electron chi connectivity index (χ2n) is 5.92. The summed E-state index contributed by atoms with van der Waals surface area (Å²) in [5.41, 5.74) is -0.592. The molecule has 0 radical (unpaired) electrons. The molecule has 0 fully saturated rings. The summed E-state index contributed by atoms with van der Waals surface area (Å²) in [6, 6.07) is 3.33. The molecule has 0 saturated carbocycles. The average molecular weight is 361 g/mol. The Labute approximate surface area is 147 Å². The second-order valence-corrected chi connectivity index (χ2v) is 5.92. The van der Waals surface area contributed by atoms with Gasteiger partial charge in [-0.25, -0.2) is 9.78 Å². The maximum absolute atomic E-state index is 12.3. The van der Waals surface area contributed by atoms with Crippen molar-refractivity contribution in [3.8, 4) is 0 Å². The van der Waals surface area contributed by atoms with Crippen LogP contribution in [0.2, 0.25) is 0 Å². The van der Waals surface area contributed by atoms with Gasteiger partial charge in [0.1, 0.15) is 18.4 Å². The van der Waals surface area contributed by atoms with Gasteiger partial charge in [0, 0.05) is 20.6 Å². The number of fused-ring (bicyclic) bond motifs is 1. The molecular formula is C16H19N5O5. The predicted octanol–water partition coefficient (Wildman–Crippen LogP) is -0.733. The fourth-order valence-corrected chi connectivity index (χ4v) is 2.70. The molecule has 1 atom stereocenters. The van der Waals surface area contributed by atoms with Crippen LogP contribution in [0.3, 0.4) is 0 Å². The number of amides is 1. The number of aliphatic hydroxyl groups is 1. The summed E-state index contributed by atoms with van der Waals surface area (Å²) in [4.78, 5) is 40.4. The summed E-state index contributed by atoms with van der Waals surface area (Å²) in [6.45, 7) is 0.116. The summed E-state index contributed by atoms with van der Waals surface area (Å²) in [5.74, 6) is 0.0936. The van der Waals surface area contributed by atoms with E-state index in [-0.39, 0.29) is 30.2 Å². The Balaban J connectivity index is 1.68. The Bertz CT molecular complexity index is 1040. The highest BCUT2D eigenvalue weighted by molar-refractivity contribution is 5.78. The number of furan rings is 1. The van der Waals surface area contributed by atoms with Gasteiger partial charge in [0.05, 0.1) is 12.6 Å². The van der Waals surface area contributed by atoms with E-state index < -0.39 is 17.4 Å². The molecule has 3 heterocycles. The van der Waals surface area contributed by atoms with Crippen LogP contribution in [0.5, 0.6) is 0 Å². The maximum atomic E-state index is 12.3. The van der Waals surface area contributed by atoms with Gasteiger partial charge in [-0.05, 0) is 18.6 Å². The maximum Gasteiger partial charge on any atom is 0.332 e. The van der Waals surface area contributed by atoms with Crippen molar-refractivity contribution in [1.29, 1.82) is 0 Å². The first-order valence-electron chi connectivity index (χ1n) is 7.99. The van der Waals surface area contributed by atoms with E-state index in [0.29, 0.717) is 12.2 Å². The number of aromatic nitrogens is 4. The molecular weight excluding hydrogens is 342 g/mol. The third kappa shape index (κ3) is 3.18. The van der Waals surface area contributed by atoms with E-state index in [4.69, 9.17) is 4.42 Å². The number of aliphatic hydroxyl groups excluding tert-OH is 1. The smallest absolute Gasteiger partial charge is 0.332 e. The minimum Gasteiger partial charge on any atom is -0.467 e. The molecule has 138 valence electrons. The highest BCUT2D eigenvalue weighted by Gasteiger charge is 2.16. The van der Waals surface area contributed by atoms with E-state index in [1.54, 1.807) is 12.1 Å². The molecule has 3 aromatic heterocycles. The van der Waals surface area contributed by atoms with Crippen LogP contribution in [0, 0.1) is 0 Å². The number of hydrogen-bond donors (Lipinski definition) is 2. The van der Waals surface area contributed by atoms with Gasteiger partial charge in [-0.3, -0.25) is 18.7 Å². The fraction of sp³-hybridized carbons (Fsp3) is 0.375. The van der Waals surface area contributed by atoms with Crippen LogP contribution < -0.4 is 16.6 Å². The van der Waals surface area contributed by atoms with E-state index in [2.05, 4.69) is 10.3 Å². The molecule has 26 heavy (non-hydrogen) atoms. The van der Waals surface area contributed by atoms with Crippen molar-refractivity contribution < 1.29 is 14.3 Å². The highest BCUT2D eigenvalue weighted by Crippen LogP contribution is 2.15. The Morgan fingerprint density at radius 1 is 1.35 bits per heavy atom. The molecule has 1 unspecified atom stereocenters. The van der Waals surface area contributed by atoms with Crippen LogP contribution in [-0.2, 0) is 25.4 Å².